The number of nitrogens with zero attached hydrogens (tertiary/aromatic N) is 1. The van der Waals surface area contributed by atoms with Crippen LogP contribution in [0.2, 0.25) is 10.0 Å². The molecular formula is C12H11Cl3N4. The first-order valence-electron chi connectivity index (χ1n) is 5.40. The van der Waals surface area contributed by atoms with Crippen molar-refractivity contribution in [1.29, 1.82) is 0 Å². The van der Waals surface area contributed by atoms with Crippen LogP contribution in [-0.2, 0) is 6.54 Å². The van der Waals surface area contributed by atoms with Crippen LogP contribution in [0.5, 0.6) is 0 Å². The maximum absolute atomic E-state index is 6.20. The molecule has 2 heterocycles. The van der Waals surface area contributed by atoms with Crippen LogP contribution in [0.1, 0.15) is 5.69 Å². The van der Waals surface area contributed by atoms with E-state index in [4.69, 9.17) is 28.9 Å². The summed E-state index contributed by atoms with van der Waals surface area (Å²) in [6.45, 7) is 0.392. The highest BCUT2D eigenvalue weighted by Crippen LogP contribution is 2.37. The highest BCUT2D eigenvalue weighted by molar-refractivity contribution is 6.45. The van der Waals surface area contributed by atoms with Crippen molar-refractivity contribution in [3.63, 3.8) is 0 Å². The lowest BCUT2D eigenvalue weighted by atomic mass is 10.1. The summed E-state index contributed by atoms with van der Waals surface area (Å²) in [7, 11) is 0. The van der Waals surface area contributed by atoms with Gasteiger partial charge in [-0.15, -0.1) is 12.4 Å². The number of rotatable bonds is 2. The van der Waals surface area contributed by atoms with Gasteiger partial charge in [-0.3, -0.25) is 5.10 Å². The highest BCUT2D eigenvalue weighted by atomic mass is 35.5. The molecule has 0 radical (unpaired) electrons. The highest BCUT2D eigenvalue weighted by Gasteiger charge is 2.16. The number of hydrogen-bond acceptors (Lipinski definition) is 2. The van der Waals surface area contributed by atoms with Crippen LogP contribution in [-0.4, -0.2) is 15.2 Å². The zero-order chi connectivity index (χ0) is 12.7. The molecule has 0 spiro atoms. The Labute approximate surface area is 125 Å². The third-order valence-electron chi connectivity index (χ3n) is 2.93. The Balaban J connectivity index is 0.00000133. The maximum atomic E-state index is 6.20. The normalized spacial score (nSPS) is 10.7. The number of halogens is 3. The first-order chi connectivity index (χ1) is 8.72. The molecule has 2 aromatic heterocycles. The molecule has 4 N–H and O–H groups in total. The molecule has 7 heteroatoms. The van der Waals surface area contributed by atoms with E-state index in [2.05, 4.69) is 15.2 Å². The van der Waals surface area contributed by atoms with E-state index < -0.39 is 0 Å². The second-order valence-corrected chi connectivity index (χ2v) is 4.74. The molecule has 0 amide bonds. The number of nitrogens with two attached hydrogens (primary N) is 1. The van der Waals surface area contributed by atoms with Gasteiger partial charge in [0.05, 0.1) is 21.8 Å². The van der Waals surface area contributed by atoms with Crippen LogP contribution in [0.25, 0.3) is 22.0 Å². The minimum absolute atomic E-state index is 0. The third-order valence-corrected chi connectivity index (χ3v) is 3.74. The summed E-state index contributed by atoms with van der Waals surface area (Å²) >= 11 is 12.2. The van der Waals surface area contributed by atoms with Gasteiger partial charge in [0, 0.05) is 34.9 Å². The van der Waals surface area contributed by atoms with Gasteiger partial charge in [-0.2, -0.15) is 5.10 Å². The van der Waals surface area contributed by atoms with E-state index in [0.29, 0.717) is 16.6 Å². The van der Waals surface area contributed by atoms with Gasteiger partial charge in [-0.1, -0.05) is 29.3 Å². The van der Waals surface area contributed by atoms with Crippen LogP contribution >= 0.6 is 35.6 Å². The number of aromatic nitrogens is 3. The van der Waals surface area contributed by atoms with Crippen molar-refractivity contribution < 1.29 is 0 Å². The number of hydrogen-bond donors (Lipinski definition) is 3. The Morgan fingerprint density at radius 3 is 2.68 bits per heavy atom. The Bertz CT molecular complexity index is 703. The molecule has 0 saturated heterocycles. The molecule has 3 aromatic rings. The fourth-order valence-corrected chi connectivity index (χ4v) is 2.50. The molecular weight excluding hydrogens is 307 g/mol. The van der Waals surface area contributed by atoms with E-state index in [1.54, 1.807) is 12.3 Å². The first-order valence-corrected chi connectivity index (χ1v) is 6.15. The smallest absolute Gasteiger partial charge is 0.0833 e. The maximum Gasteiger partial charge on any atom is 0.0833 e. The standard InChI is InChI=1S/C12H10Cl2N4.ClH/c13-8-2-1-7-10(6-4-16-17-5-6)9(3-15)18-12(7)11(8)14;/h1-2,4-5,18H,3,15H2,(H,16,17);1H. The van der Waals surface area contributed by atoms with Crippen molar-refractivity contribution in [1.82, 2.24) is 15.2 Å². The molecule has 0 unspecified atom stereocenters. The van der Waals surface area contributed by atoms with Crippen molar-refractivity contribution in [3.8, 4) is 11.1 Å². The fraction of sp³-hybridized carbons (Fsp3) is 0.0833. The van der Waals surface area contributed by atoms with Gasteiger partial charge < -0.3 is 10.7 Å². The van der Waals surface area contributed by atoms with Crippen molar-refractivity contribution in [3.05, 3.63) is 40.3 Å². The number of fused-ring (bicyclic) bond motifs is 1. The monoisotopic (exact) mass is 316 g/mol. The molecule has 1 aromatic carbocycles. The Morgan fingerprint density at radius 1 is 1.26 bits per heavy atom. The van der Waals surface area contributed by atoms with Crippen LogP contribution < -0.4 is 5.73 Å². The van der Waals surface area contributed by atoms with E-state index in [9.17, 15) is 0 Å². The van der Waals surface area contributed by atoms with Crippen LogP contribution in [0, 0.1) is 0 Å². The fourth-order valence-electron chi connectivity index (χ4n) is 2.13. The van der Waals surface area contributed by atoms with Crippen molar-refractivity contribution >= 4 is 46.5 Å². The van der Waals surface area contributed by atoms with Gasteiger partial charge in [0.25, 0.3) is 0 Å². The van der Waals surface area contributed by atoms with Gasteiger partial charge in [0.2, 0.25) is 0 Å². The summed E-state index contributed by atoms with van der Waals surface area (Å²) in [4.78, 5) is 3.23. The van der Waals surface area contributed by atoms with Gasteiger partial charge in [0.15, 0.2) is 0 Å². The minimum atomic E-state index is 0. The molecule has 19 heavy (non-hydrogen) atoms. The van der Waals surface area contributed by atoms with E-state index in [-0.39, 0.29) is 12.4 Å². The molecule has 0 saturated carbocycles. The Kier molecular flexibility index (Phi) is 4.06. The van der Waals surface area contributed by atoms with E-state index >= 15 is 0 Å². The van der Waals surface area contributed by atoms with E-state index in [1.165, 1.54) is 0 Å². The largest absolute Gasteiger partial charge is 0.356 e. The SMILES string of the molecule is Cl.NCc1[nH]c2c(Cl)c(Cl)ccc2c1-c1cn[nH]c1. The zero-order valence-electron chi connectivity index (χ0n) is 9.71. The molecule has 0 bridgehead atoms. The number of nitrogens with one attached hydrogen (secondary N) is 2. The third kappa shape index (κ3) is 2.21. The Hall–Kier alpha value is -1.20. The van der Waals surface area contributed by atoms with Gasteiger partial charge in [-0.05, 0) is 6.07 Å². The van der Waals surface area contributed by atoms with Gasteiger partial charge in [-0.25, -0.2) is 0 Å². The summed E-state index contributed by atoms with van der Waals surface area (Å²) < 4.78 is 0. The lowest BCUT2D eigenvalue weighted by Crippen LogP contribution is -1.97. The van der Waals surface area contributed by atoms with Gasteiger partial charge >= 0.3 is 0 Å². The number of aromatic amines is 2. The summed E-state index contributed by atoms with van der Waals surface area (Å²) in [6, 6.07) is 3.71. The van der Waals surface area contributed by atoms with Crippen molar-refractivity contribution in [2.75, 3.05) is 0 Å². The molecule has 0 aliphatic carbocycles. The number of benzene rings is 1. The average Bonchev–Trinajstić information content (AvgIpc) is 3.00. The molecule has 0 aliphatic heterocycles. The molecule has 4 nitrogen and oxygen atoms in total. The first kappa shape index (κ1) is 14.2. The molecule has 0 fully saturated rings. The second kappa shape index (κ2) is 5.43. The molecule has 100 valence electrons. The topological polar surface area (TPSA) is 70.5 Å². The molecule has 0 atom stereocenters. The van der Waals surface area contributed by atoms with Crippen molar-refractivity contribution in [2.45, 2.75) is 6.54 Å². The van der Waals surface area contributed by atoms with Crippen molar-refractivity contribution in [2.24, 2.45) is 5.73 Å². The van der Waals surface area contributed by atoms with Crippen LogP contribution in [0.4, 0.5) is 0 Å². The van der Waals surface area contributed by atoms with Crippen LogP contribution in [0.3, 0.4) is 0 Å². The predicted octanol–water partition coefficient (Wildman–Crippen LogP) is 3.75. The predicted molar refractivity (Wildman–Crippen MR) is 81.0 cm³/mol. The van der Waals surface area contributed by atoms with E-state index in [0.717, 1.165) is 27.7 Å². The summed E-state index contributed by atoms with van der Waals surface area (Å²) in [5.74, 6) is 0. The summed E-state index contributed by atoms with van der Waals surface area (Å²) in [5.41, 5.74) is 9.48. The summed E-state index contributed by atoms with van der Waals surface area (Å²) in [5, 5.41) is 8.78. The Morgan fingerprint density at radius 2 is 2.05 bits per heavy atom. The van der Waals surface area contributed by atoms with Crippen LogP contribution in [0.15, 0.2) is 24.5 Å². The number of H-pyrrole nitrogens is 2. The molecule has 0 aliphatic rings. The quantitative estimate of drug-likeness (QED) is 0.673. The van der Waals surface area contributed by atoms with Gasteiger partial charge in [0.1, 0.15) is 0 Å². The zero-order valence-corrected chi connectivity index (χ0v) is 12.0. The lowest BCUT2D eigenvalue weighted by molar-refractivity contribution is 1.02. The second-order valence-electron chi connectivity index (χ2n) is 3.95. The lowest BCUT2D eigenvalue weighted by Gasteiger charge is -1.99. The molecule has 3 rings (SSSR count). The minimum Gasteiger partial charge on any atom is -0.356 e. The summed E-state index contributed by atoms with van der Waals surface area (Å²) in [6.07, 6.45) is 3.58. The average molecular weight is 318 g/mol. The van der Waals surface area contributed by atoms with E-state index in [1.807, 2.05) is 12.3 Å².